The number of nitrogens with zero attached hydrogens (tertiary/aromatic N) is 1. The summed E-state index contributed by atoms with van der Waals surface area (Å²) in [6.45, 7) is 3.74. The van der Waals surface area contributed by atoms with Gasteiger partial charge in [-0.3, -0.25) is 4.90 Å². The molecule has 0 amide bonds. The lowest BCUT2D eigenvalue weighted by Crippen LogP contribution is -2.36. The van der Waals surface area contributed by atoms with E-state index in [1.807, 2.05) is 12.1 Å². The smallest absolute Gasteiger partial charge is 0.335 e. The van der Waals surface area contributed by atoms with Gasteiger partial charge >= 0.3 is 5.97 Å². The molecule has 0 spiro atoms. The van der Waals surface area contributed by atoms with Crippen molar-refractivity contribution in [3.8, 4) is 0 Å². The average molecular weight is 249 g/mol. The molecule has 98 valence electrons. The van der Waals surface area contributed by atoms with Gasteiger partial charge in [0.1, 0.15) is 0 Å². The molecule has 0 aromatic heterocycles. The maximum absolute atomic E-state index is 10.8. The fraction of sp³-hybridized carbons (Fsp3) is 0.500. The highest BCUT2D eigenvalue weighted by molar-refractivity contribution is 5.87. The molecule has 2 unspecified atom stereocenters. The lowest BCUT2D eigenvalue weighted by molar-refractivity contribution is 0.0697. The van der Waals surface area contributed by atoms with E-state index in [9.17, 15) is 4.79 Å². The number of rotatable bonds is 4. The first-order chi connectivity index (χ1) is 8.58. The molecule has 2 atom stereocenters. The number of hydrogen-bond donors (Lipinski definition) is 1. The number of hydrogen-bond acceptors (Lipinski definition) is 3. The van der Waals surface area contributed by atoms with Gasteiger partial charge in [-0.2, -0.15) is 0 Å². The maximum Gasteiger partial charge on any atom is 0.335 e. The summed E-state index contributed by atoms with van der Waals surface area (Å²) in [4.78, 5) is 13.0. The Kier molecular flexibility index (Phi) is 3.99. The first-order valence-corrected chi connectivity index (χ1v) is 6.22. The van der Waals surface area contributed by atoms with Gasteiger partial charge in [0.2, 0.25) is 0 Å². The van der Waals surface area contributed by atoms with Crippen molar-refractivity contribution in [1.82, 2.24) is 4.90 Å². The average Bonchev–Trinajstić information content (AvgIpc) is 2.76. The molecule has 4 heteroatoms. The highest BCUT2D eigenvalue weighted by atomic mass is 16.5. The third-order valence-electron chi connectivity index (χ3n) is 3.54. The molecular weight excluding hydrogens is 230 g/mol. The van der Waals surface area contributed by atoms with Crippen LogP contribution in [0.15, 0.2) is 24.3 Å². The van der Waals surface area contributed by atoms with E-state index in [-0.39, 0.29) is 6.10 Å². The van der Waals surface area contributed by atoms with Gasteiger partial charge in [-0.15, -0.1) is 0 Å². The summed E-state index contributed by atoms with van der Waals surface area (Å²) in [7, 11) is 2.08. The molecule has 0 aliphatic carbocycles. The Morgan fingerprint density at radius 1 is 1.44 bits per heavy atom. The molecule has 18 heavy (non-hydrogen) atoms. The Morgan fingerprint density at radius 3 is 2.61 bits per heavy atom. The Balaban J connectivity index is 1.98. The molecule has 1 aliphatic heterocycles. The largest absolute Gasteiger partial charge is 0.478 e. The lowest BCUT2D eigenvalue weighted by Gasteiger charge is -2.26. The van der Waals surface area contributed by atoms with Crippen molar-refractivity contribution in [3.63, 3.8) is 0 Å². The summed E-state index contributed by atoms with van der Waals surface area (Å²) in [5.74, 6) is -0.882. The van der Waals surface area contributed by atoms with E-state index in [1.165, 1.54) is 0 Å². The normalized spacial score (nSPS) is 23.5. The van der Waals surface area contributed by atoms with Crippen molar-refractivity contribution in [3.05, 3.63) is 35.4 Å². The summed E-state index contributed by atoms with van der Waals surface area (Å²) in [5, 5.41) is 8.84. The number of ether oxygens (including phenoxy) is 1. The summed E-state index contributed by atoms with van der Waals surface area (Å²) in [6, 6.07) is 7.50. The summed E-state index contributed by atoms with van der Waals surface area (Å²) in [5.41, 5.74) is 1.46. The number of benzene rings is 1. The zero-order valence-electron chi connectivity index (χ0n) is 10.8. The van der Waals surface area contributed by atoms with Gasteiger partial charge in [0.25, 0.3) is 0 Å². The number of carboxylic acids is 1. The van der Waals surface area contributed by atoms with Crippen LogP contribution < -0.4 is 0 Å². The molecule has 0 bridgehead atoms. The molecule has 0 saturated carbocycles. The first-order valence-electron chi connectivity index (χ1n) is 6.22. The van der Waals surface area contributed by atoms with Gasteiger partial charge in [-0.25, -0.2) is 4.79 Å². The Labute approximate surface area is 107 Å². The minimum atomic E-state index is -0.882. The monoisotopic (exact) mass is 249 g/mol. The lowest BCUT2D eigenvalue weighted by atomic mass is 10.1. The van der Waals surface area contributed by atoms with Gasteiger partial charge in [0.05, 0.1) is 11.7 Å². The Bertz CT molecular complexity index is 416. The minimum Gasteiger partial charge on any atom is -0.478 e. The molecule has 0 radical (unpaired) electrons. The van der Waals surface area contributed by atoms with Crippen molar-refractivity contribution in [2.24, 2.45) is 0 Å². The molecule has 1 aromatic carbocycles. The molecule has 1 aromatic rings. The van der Waals surface area contributed by atoms with E-state index < -0.39 is 5.97 Å². The van der Waals surface area contributed by atoms with Crippen molar-refractivity contribution in [2.75, 3.05) is 13.7 Å². The molecule has 1 aliphatic rings. The highest BCUT2D eigenvalue weighted by Crippen LogP contribution is 2.20. The standard InChI is InChI=1S/C14H19NO3/c1-10-13(7-8-18-10)15(2)9-11-3-5-12(6-4-11)14(16)17/h3-6,10,13H,7-9H2,1-2H3,(H,16,17). The van der Waals surface area contributed by atoms with Crippen LogP contribution in [0.1, 0.15) is 29.3 Å². The van der Waals surface area contributed by atoms with Gasteiger partial charge in [0, 0.05) is 19.2 Å². The summed E-state index contributed by atoms with van der Waals surface area (Å²) < 4.78 is 5.56. The second-order valence-corrected chi connectivity index (χ2v) is 4.85. The number of likely N-dealkylation sites (N-methyl/N-ethyl adjacent to an activating group) is 1. The van der Waals surface area contributed by atoms with E-state index in [4.69, 9.17) is 9.84 Å². The predicted octanol–water partition coefficient (Wildman–Crippen LogP) is 1.99. The summed E-state index contributed by atoms with van der Waals surface area (Å²) in [6.07, 6.45) is 1.33. The van der Waals surface area contributed by atoms with Gasteiger partial charge in [0.15, 0.2) is 0 Å². The van der Waals surface area contributed by atoms with E-state index in [1.54, 1.807) is 12.1 Å². The maximum atomic E-state index is 10.8. The van der Waals surface area contributed by atoms with Crippen molar-refractivity contribution in [2.45, 2.75) is 32.0 Å². The van der Waals surface area contributed by atoms with Crippen LogP contribution in [0.2, 0.25) is 0 Å². The van der Waals surface area contributed by atoms with E-state index in [0.29, 0.717) is 11.6 Å². The minimum absolute atomic E-state index is 0.272. The third-order valence-corrected chi connectivity index (χ3v) is 3.54. The predicted molar refractivity (Wildman–Crippen MR) is 68.7 cm³/mol. The topological polar surface area (TPSA) is 49.8 Å². The number of carbonyl (C=O) groups is 1. The Morgan fingerprint density at radius 2 is 2.11 bits per heavy atom. The molecular formula is C14H19NO3. The second kappa shape index (κ2) is 5.50. The quantitative estimate of drug-likeness (QED) is 0.886. The van der Waals surface area contributed by atoms with E-state index >= 15 is 0 Å². The van der Waals surface area contributed by atoms with E-state index in [2.05, 4.69) is 18.9 Å². The van der Waals surface area contributed by atoms with Crippen LogP contribution in [0.4, 0.5) is 0 Å². The van der Waals surface area contributed by atoms with Gasteiger partial charge in [-0.05, 0) is 38.1 Å². The number of aromatic carboxylic acids is 1. The first kappa shape index (κ1) is 13.1. The molecule has 1 heterocycles. The van der Waals surface area contributed by atoms with Crippen molar-refractivity contribution >= 4 is 5.97 Å². The fourth-order valence-corrected chi connectivity index (χ4v) is 2.46. The van der Waals surface area contributed by atoms with Crippen LogP contribution in [-0.2, 0) is 11.3 Å². The molecule has 4 nitrogen and oxygen atoms in total. The second-order valence-electron chi connectivity index (χ2n) is 4.85. The fourth-order valence-electron chi connectivity index (χ4n) is 2.46. The highest BCUT2D eigenvalue weighted by Gasteiger charge is 2.27. The Hall–Kier alpha value is -1.39. The van der Waals surface area contributed by atoms with E-state index in [0.717, 1.165) is 25.1 Å². The molecule has 1 saturated heterocycles. The van der Waals surface area contributed by atoms with Crippen LogP contribution in [0.25, 0.3) is 0 Å². The molecule has 1 N–H and O–H groups in total. The molecule has 2 rings (SSSR count). The zero-order valence-corrected chi connectivity index (χ0v) is 10.8. The van der Waals surface area contributed by atoms with Gasteiger partial charge < -0.3 is 9.84 Å². The zero-order chi connectivity index (χ0) is 13.1. The van der Waals surface area contributed by atoms with Crippen molar-refractivity contribution < 1.29 is 14.6 Å². The van der Waals surface area contributed by atoms with Crippen LogP contribution in [0.5, 0.6) is 0 Å². The van der Waals surface area contributed by atoms with Crippen LogP contribution in [0, 0.1) is 0 Å². The SMILES string of the molecule is CC1OCCC1N(C)Cc1ccc(C(=O)O)cc1. The third kappa shape index (κ3) is 2.89. The van der Waals surface area contributed by atoms with Crippen LogP contribution in [-0.4, -0.2) is 41.8 Å². The van der Waals surface area contributed by atoms with Crippen molar-refractivity contribution in [1.29, 1.82) is 0 Å². The molecule has 1 fully saturated rings. The van der Waals surface area contributed by atoms with Crippen LogP contribution in [0.3, 0.4) is 0 Å². The van der Waals surface area contributed by atoms with Gasteiger partial charge in [-0.1, -0.05) is 12.1 Å². The summed E-state index contributed by atoms with van der Waals surface area (Å²) >= 11 is 0. The van der Waals surface area contributed by atoms with Crippen LogP contribution >= 0.6 is 0 Å². The number of carboxylic acid groups (broad SMARTS) is 1.